The number of carboxylic acid groups (broad SMARTS) is 2. The molecule has 0 spiro atoms. The molecular weight excluding hydrogens is 978 g/mol. The molecule has 4 atom stereocenters. The highest BCUT2D eigenvalue weighted by Gasteiger charge is 2.53. The van der Waals surface area contributed by atoms with Crippen molar-refractivity contribution in [2.45, 2.75) is 178 Å². The Morgan fingerprint density at radius 2 is 0.959 bits per heavy atom. The number of likely N-dealkylation sites (tertiary alicyclic amines) is 2. The Morgan fingerprint density at radius 3 is 1.32 bits per heavy atom. The van der Waals surface area contributed by atoms with E-state index in [0.29, 0.717) is 36.0 Å². The number of aliphatic hydroxyl groups excluding tert-OH is 2. The minimum absolute atomic E-state index is 0.00583. The zero-order valence-corrected chi connectivity index (χ0v) is 43.6. The van der Waals surface area contributed by atoms with Gasteiger partial charge in [0.25, 0.3) is 11.1 Å². The van der Waals surface area contributed by atoms with Crippen LogP contribution in [-0.2, 0) is 14.3 Å². The fourth-order valence-corrected chi connectivity index (χ4v) is 15.7. The smallest absolute Gasteiger partial charge is 0.411 e. The molecule has 2 aromatic rings. The standard InChI is InChI=1S/C26H32FNO5.C21H24ClFO2.C10H17NO5/c27-21-8-23(33-13-26-9-14-3-15(10-26)5-16(4-14)11-26)19(17-1-2-17)7-20(21)24(30)28-12-18(29)6-22(28)25(31)32;22-20(24)17-6-16(15-1-2-15)19(7-18(17)23)25-11-21-8-12-3-13(9-21)5-14(4-12)10-21;1-10(2,3)16-9(15)11-5-6(12)4-7(11)8(13)14/h7-8,14-18,22,29H,1-6,9-13H2,(H,31,32);6-7,12-15H,1-5,8-11H2;6-7,12H,4-5H2,1-3H3,(H,13,14)/t14?,15?,16?,18-,22-,26?;;6-,7-/m0.0/s1. The van der Waals surface area contributed by atoms with E-state index in [2.05, 4.69) is 0 Å². The molecule has 2 aromatic carbocycles. The predicted molar refractivity (Wildman–Crippen MR) is 267 cm³/mol. The van der Waals surface area contributed by atoms with Crippen LogP contribution in [0.3, 0.4) is 0 Å². The number of rotatable bonds is 12. The summed E-state index contributed by atoms with van der Waals surface area (Å²) in [6.07, 6.45) is 17.5. The maximum Gasteiger partial charge on any atom is 0.411 e. The zero-order chi connectivity index (χ0) is 52.6. The largest absolute Gasteiger partial charge is 0.493 e. The van der Waals surface area contributed by atoms with Gasteiger partial charge in [0.15, 0.2) is 0 Å². The molecule has 12 fully saturated rings. The van der Waals surface area contributed by atoms with Crippen LogP contribution < -0.4 is 9.47 Å². The molecule has 8 bridgehead atoms. The lowest BCUT2D eigenvalue weighted by Crippen LogP contribution is -2.48. The van der Waals surface area contributed by atoms with Gasteiger partial charge in [0.05, 0.1) is 43.1 Å². The lowest BCUT2D eigenvalue weighted by atomic mass is 9.50. The number of hydrogen-bond donors (Lipinski definition) is 4. The quantitative estimate of drug-likeness (QED) is 0.147. The van der Waals surface area contributed by atoms with Crippen molar-refractivity contribution in [3.63, 3.8) is 0 Å². The van der Waals surface area contributed by atoms with Gasteiger partial charge in [-0.25, -0.2) is 23.2 Å². The molecular formula is C57H73ClF2N2O12. The first-order chi connectivity index (χ1) is 35.0. The Labute approximate surface area is 436 Å². The van der Waals surface area contributed by atoms with E-state index in [1.54, 1.807) is 32.9 Å². The number of aliphatic hydroxyl groups is 2. The number of carboxylic acids is 2. The lowest BCUT2D eigenvalue weighted by Gasteiger charge is -2.56. The summed E-state index contributed by atoms with van der Waals surface area (Å²) in [5, 5.41) is 36.8. The molecule has 0 aromatic heterocycles. The molecule has 2 saturated heterocycles. The summed E-state index contributed by atoms with van der Waals surface area (Å²) in [5.74, 6) is 2.68. The summed E-state index contributed by atoms with van der Waals surface area (Å²) in [4.78, 5) is 60.7. The van der Waals surface area contributed by atoms with E-state index in [1.807, 2.05) is 0 Å². The minimum atomic E-state index is -1.18. The van der Waals surface area contributed by atoms with Crippen LogP contribution in [0, 0.1) is 58.0 Å². The van der Waals surface area contributed by atoms with Crippen LogP contribution in [0.2, 0.25) is 0 Å². The van der Waals surface area contributed by atoms with Crippen LogP contribution in [0.25, 0.3) is 0 Å². The second-order valence-corrected chi connectivity index (χ2v) is 25.9. The second-order valence-electron chi connectivity index (χ2n) is 25.6. The Morgan fingerprint density at radius 1 is 0.595 bits per heavy atom. The van der Waals surface area contributed by atoms with Crippen LogP contribution in [0.1, 0.15) is 180 Å². The third-order valence-electron chi connectivity index (χ3n) is 18.1. The van der Waals surface area contributed by atoms with Gasteiger partial charge >= 0.3 is 18.0 Å². The number of carbonyl (C=O) groups excluding carboxylic acids is 3. The normalized spacial score (nSPS) is 34.1. The van der Waals surface area contributed by atoms with Crippen molar-refractivity contribution in [1.82, 2.24) is 9.80 Å². The Bertz CT molecular complexity index is 2450. The third kappa shape index (κ3) is 11.6. The van der Waals surface area contributed by atoms with Crippen LogP contribution in [0.5, 0.6) is 11.5 Å². The van der Waals surface area contributed by atoms with Crippen molar-refractivity contribution in [3.05, 3.63) is 58.2 Å². The summed E-state index contributed by atoms with van der Waals surface area (Å²) in [6, 6.07) is 3.80. The maximum atomic E-state index is 15.2. The SMILES string of the molecule is CC(C)(C)OC(=O)N1C[C@@H](O)C[C@H]1C(=O)O.O=C(Cl)c1cc(C2CC2)c(OCC23CC4CC(CC(C4)C2)C3)cc1F.O=C(O)[C@@H]1C[C@H](O)CN1C(=O)c1cc(C2CC2)c(OCC23CC4CC(CC(C4)C2)C3)cc1F. The maximum absolute atomic E-state index is 15.2. The van der Waals surface area contributed by atoms with Gasteiger partial charge in [-0.05, 0) is 206 Å². The molecule has 14 rings (SSSR count). The molecule has 0 radical (unpaired) electrons. The number of amides is 2. The molecule has 10 aliphatic carbocycles. The number of halogens is 3. The van der Waals surface area contributed by atoms with Crippen molar-refractivity contribution in [1.29, 1.82) is 0 Å². The van der Waals surface area contributed by atoms with Gasteiger partial charge in [-0.15, -0.1) is 0 Å². The third-order valence-corrected chi connectivity index (χ3v) is 18.3. The molecule has 0 unspecified atom stereocenters. The first-order valence-electron chi connectivity index (χ1n) is 27.3. The summed E-state index contributed by atoms with van der Waals surface area (Å²) in [6.45, 7) is 6.32. The lowest BCUT2D eigenvalue weighted by molar-refractivity contribution is -0.142. The summed E-state index contributed by atoms with van der Waals surface area (Å²) in [5.41, 5.74) is 1.51. The molecule has 4 N–H and O–H groups in total. The van der Waals surface area contributed by atoms with E-state index in [9.17, 15) is 43.7 Å². The first-order valence-corrected chi connectivity index (χ1v) is 27.6. The van der Waals surface area contributed by atoms with Crippen molar-refractivity contribution in [3.8, 4) is 11.5 Å². The van der Waals surface area contributed by atoms with E-state index >= 15 is 4.39 Å². The Balaban J connectivity index is 0.000000135. The summed E-state index contributed by atoms with van der Waals surface area (Å²) < 4.78 is 47.1. The van der Waals surface area contributed by atoms with E-state index in [4.69, 9.17) is 30.9 Å². The Hall–Kier alpha value is -4.54. The Kier molecular flexibility index (Phi) is 14.6. The number of hydrogen-bond acceptors (Lipinski definition) is 10. The zero-order valence-electron chi connectivity index (χ0n) is 42.9. The highest BCUT2D eigenvalue weighted by molar-refractivity contribution is 6.67. The second kappa shape index (κ2) is 20.4. The monoisotopic (exact) mass is 1050 g/mol. The van der Waals surface area contributed by atoms with Gasteiger partial charge < -0.3 is 39.5 Å². The highest BCUT2D eigenvalue weighted by Crippen LogP contribution is 2.62. The van der Waals surface area contributed by atoms with Crippen LogP contribution in [0.15, 0.2) is 24.3 Å². The van der Waals surface area contributed by atoms with Crippen molar-refractivity contribution in [2.24, 2.45) is 46.3 Å². The predicted octanol–water partition coefficient (Wildman–Crippen LogP) is 10.1. The van der Waals surface area contributed by atoms with Gasteiger partial charge in [0.2, 0.25) is 0 Å². The van der Waals surface area contributed by atoms with E-state index in [1.165, 1.54) is 89.2 Å². The molecule has 17 heteroatoms. The van der Waals surface area contributed by atoms with Gasteiger partial charge in [-0.1, -0.05) is 0 Å². The first kappa shape index (κ1) is 52.9. The van der Waals surface area contributed by atoms with Crippen molar-refractivity contribution in [2.75, 3.05) is 26.3 Å². The van der Waals surface area contributed by atoms with Crippen molar-refractivity contribution < 1.29 is 67.4 Å². The highest BCUT2D eigenvalue weighted by atomic mass is 35.5. The molecule has 2 amide bonds. The van der Waals surface area contributed by atoms with E-state index in [0.717, 1.165) is 82.1 Å². The van der Waals surface area contributed by atoms with Crippen molar-refractivity contribution >= 4 is 40.8 Å². The van der Waals surface area contributed by atoms with Gasteiger partial charge in [0.1, 0.15) is 40.8 Å². The number of β-amino-alcohol motifs (C(OH)–C–C–N with tert-alkyl or cyclic N) is 2. The number of carbonyl (C=O) groups is 5. The molecule has 404 valence electrons. The molecule has 2 aliphatic heterocycles. The van der Waals surface area contributed by atoms with Crippen LogP contribution in [-0.4, -0.2) is 116 Å². The number of ether oxygens (including phenoxy) is 3. The molecule has 12 aliphatic rings. The fraction of sp³-hybridized carbons (Fsp3) is 0.702. The fourth-order valence-electron chi connectivity index (χ4n) is 15.5. The molecule has 2 heterocycles. The average Bonchev–Trinajstić information content (AvgIpc) is 4.25. The molecule has 14 nitrogen and oxygen atoms in total. The van der Waals surface area contributed by atoms with Crippen LogP contribution in [0.4, 0.5) is 13.6 Å². The topological polar surface area (TPSA) is 200 Å². The van der Waals surface area contributed by atoms with Gasteiger partial charge in [0, 0.05) is 42.3 Å². The number of aliphatic carboxylic acids is 2. The van der Waals surface area contributed by atoms with E-state index < -0.39 is 70.7 Å². The van der Waals surface area contributed by atoms with E-state index in [-0.39, 0.29) is 48.4 Å². The van der Waals surface area contributed by atoms with Gasteiger partial charge in [-0.3, -0.25) is 14.5 Å². The molecule has 74 heavy (non-hydrogen) atoms. The number of benzene rings is 2. The number of nitrogens with zero attached hydrogens (tertiary/aromatic N) is 2. The summed E-state index contributed by atoms with van der Waals surface area (Å²) in [7, 11) is 0. The molecule has 10 saturated carbocycles. The summed E-state index contributed by atoms with van der Waals surface area (Å²) >= 11 is 5.53. The van der Waals surface area contributed by atoms with Crippen LogP contribution >= 0.6 is 11.6 Å². The van der Waals surface area contributed by atoms with Gasteiger partial charge in [-0.2, -0.15) is 0 Å². The minimum Gasteiger partial charge on any atom is -0.493 e. The average molecular weight is 1050 g/mol.